The molecule has 1 N–H and O–H groups in total. The molecule has 0 aliphatic rings. The largest absolute Gasteiger partial charge is 0.465 e. The zero-order chi connectivity index (χ0) is 18.8. The van der Waals surface area contributed by atoms with E-state index >= 15 is 0 Å². The molecule has 0 amide bonds. The van der Waals surface area contributed by atoms with Gasteiger partial charge in [-0.15, -0.1) is 0 Å². The van der Waals surface area contributed by atoms with Gasteiger partial charge in [-0.2, -0.15) is 0 Å². The molecule has 0 aromatic heterocycles. The minimum absolute atomic E-state index is 0.0483. The van der Waals surface area contributed by atoms with Crippen molar-refractivity contribution in [2.24, 2.45) is 0 Å². The van der Waals surface area contributed by atoms with E-state index in [4.69, 9.17) is 11.6 Å². The maximum Gasteiger partial charge on any atom is 0.337 e. The number of ether oxygens (including phenoxy) is 1. The number of benzene rings is 2. The molecule has 0 aliphatic heterocycles. The third kappa shape index (κ3) is 4.06. The third-order valence-corrected chi connectivity index (χ3v) is 5.01. The number of halogens is 1. The van der Waals surface area contributed by atoms with Gasteiger partial charge in [-0.05, 0) is 31.2 Å². The van der Waals surface area contributed by atoms with Gasteiger partial charge in [0, 0.05) is 11.6 Å². The highest BCUT2D eigenvalue weighted by Gasteiger charge is 2.21. The standard InChI is InChI=1S/C15H13ClN2O6S/c1-9-3-5-11(8-14(9)18(20)21)25(22,23)17-13-7-10(15(19)24-2)4-6-12(13)16/h3-8,17H,1-2H3. The second-order valence-electron chi connectivity index (χ2n) is 5.00. The van der Waals surface area contributed by atoms with E-state index in [0.717, 1.165) is 6.07 Å². The Morgan fingerprint density at radius 1 is 1.24 bits per heavy atom. The minimum Gasteiger partial charge on any atom is -0.465 e. The number of carbonyl (C=O) groups is 1. The molecule has 25 heavy (non-hydrogen) atoms. The highest BCUT2D eigenvalue weighted by molar-refractivity contribution is 7.92. The number of nitro benzene ring substituents is 1. The van der Waals surface area contributed by atoms with Crippen molar-refractivity contribution in [3.8, 4) is 0 Å². The monoisotopic (exact) mass is 384 g/mol. The molecule has 0 unspecified atom stereocenters. The van der Waals surface area contributed by atoms with Crippen LogP contribution in [0, 0.1) is 17.0 Å². The molecule has 0 atom stereocenters. The van der Waals surface area contributed by atoms with Crippen molar-refractivity contribution in [1.29, 1.82) is 0 Å². The van der Waals surface area contributed by atoms with Crippen molar-refractivity contribution in [3.63, 3.8) is 0 Å². The molecule has 2 aromatic rings. The molecular formula is C15H13ClN2O6S. The number of sulfonamides is 1. The second kappa shape index (κ2) is 7.08. The Morgan fingerprint density at radius 3 is 2.52 bits per heavy atom. The van der Waals surface area contributed by atoms with Gasteiger partial charge in [0.2, 0.25) is 0 Å². The van der Waals surface area contributed by atoms with Crippen molar-refractivity contribution in [1.82, 2.24) is 0 Å². The summed E-state index contributed by atoms with van der Waals surface area (Å²) in [5, 5.41) is 11.0. The van der Waals surface area contributed by atoms with Crippen molar-refractivity contribution in [3.05, 3.63) is 62.7 Å². The van der Waals surface area contributed by atoms with Crippen LogP contribution in [0.25, 0.3) is 0 Å². The first kappa shape index (κ1) is 18.7. The lowest BCUT2D eigenvalue weighted by Crippen LogP contribution is -2.14. The van der Waals surface area contributed by atoms with E-state index in [1.165, 1.54) is 44.4 Å². The van der Waals surface area contributed by atoms with E-state index in [9.17, 15) is 23.3 Å². The van der Waals surface area contributed by atoms with Gasteiger partial charge in [-0.3, -0.25) is 14.8 Å². The number of hydrogen-bond donors (Lipinski definition) is 1. The first-order valence-corrected chi connectivity index (χ1v) is 8.67. The van der Waals surface area contributed by atoms with Crippen molar-refractivity contribution >= 4 is 39.0 Å². The second-order valence-corrected chi connectivity index (χ2v) is 7.09. The molecule has 2 aromatic carbocycles. The SMILES string of the molecule is COC(=O)c1ccc(Cl)c(NS(=O)(=O)c2ccc(C)c([N+](=O)[O-])c2)c1. The van der Waals surface area contributed by atoms with Crippen LogP contribution in [-0.2, 0) is 14.8 Å². The molecule has 0 heterocycles. The number of anilines is 1. The molecule has 132 valence electrons. The maximum absolute atomic E-state index is 12.5. The molecule has 0 saturated heterocycles. The summed E-state index contributed by atoms with van der Waals surface area (Å²) in [6.07, 6.45) is 0. The van der Waals surface area contributed by atoms with Crippen LogP contribution in [0.1, 0.15) is 15.9 Å². The van der Waals surface area contributed by atoms with Crippen LogP contribution in [0.3, 0.4) is 0 Å². The predicted octanol–water partition coefficient (Wildman–Crippen LogP) is 3.14. The number of esters is 1. The van der Waals surface area contributed by atoms with E-state index in [1.54, 1.807) is 0 Å². The summed E-state index contributed by atoms with van der Waals surface area (Å²) in [5.41, 5.74) is 0.0548. The van der Waals surface area contributed by atoms with Crippen molar-refractivity contribution < 1.29 is 22.9 Å². The summed E-state index contributed by atoms with van der Waals surface area (Å²) in [6, 6.07) is 7.46. The molecule has 0 saturated carbocycles. The molecule has 0 aliphatic carbocycles. The van der Waals surface area contributed by atoms with E-state index in [1.807, 2.05) is 0 Å². The fourth-order valence-corrected chi connectivity index (χ4v) is 3.32. The molecule has 2 rings (SSSR count). The smallest absolute Gasteiger partial charge is 0.337 e. The number of nitrogens with zero attached hydrogens (tertiary/aromatic N) is 1. The fraction of sp³-hybridized carbons (Fsp3) is 0.133. The average Bonchev–Trinajstić information content (AvgIpc) is 2.55. The number of nitro groups is 1. The van der Waals surface area contributed by atoms with Gasteiger partial charge in [0.15, 0.2) is 0 Å². The van der Waals surface area contributed by atoms with Gasteiger partial charge in [0.1, 0.15) is 0 Å². The number of rotatable bonds is 5. The predicted molar refractivity (Wildman–Crippen MR) is 91.4 cm³/mol. The lowest BCUT2D eigenvalue weighted by atomic mass is 10.2. The zero-order valence-corrected chi connectivity index (χ0v) is 14.7. The Hall–Kier alpha value is -2.65. The van der Waals surface area contributed by atoms with E-state index < -0.39 is 20.9 Å². The number of aryl methyl sites for hydroxylation is 1. The summed E-state index contributed by atoms with van der Waals surface area (Å²) in [4.78, 5) is 21.6. The van der Waals surface area contributed by atoms with Crippen LogP contribution < -0.4 is 4.72 Å². The van der Waals surface area contributed by atoms with Gasteiger partial charge in [0.05, 0.1) is 33.2 Å². The summed E-state index contributed by atoms with van der Waals surface area (Å²) < 4.78 is 31.7. The number of methoxy groups -OCH3 is 1. The molecule has 0 spiro atoms. The first-order chi connectivity index (χ1) is 11.7. The Kier molecular flexibility index (Phi) is 5.29. The molecule has 0 fully saturated rings. The van der Waals surface area contributed by atoms with E-state index in [-0.39, 0.29) is 26.9 Å². The maximum atomic E-state index is 12.5. The third-order valence-electron chi connectivity index (χ3n) is 3.32. The number of nitrogens with one attached hydrogen (secondary N) is 1. The number of carbonyl (C=O) groups excluding carboxylic acids is 1. The lowest BCUT2D eigenvalue weighted by molar-refractivity contribution is -0.385. The quantitative estimate of drug-likeness (QED) is 0.481. The van der Waals surface area contributed by atoms with Gasteiger partial charge in [-0.1, -0.05) is 17.7 Å². The van der Waals surface area contributed by atoms with Crippen LogP contribution in [0.5, 0.6) is 0 Å². The zero-order valence-electron chi connectivity index (χ0n) is 13.1. The molecular weight excluding hydrogens is 372 g/mol. The van der Waals surface area contributed by atoms with Crippen LogP contribution in [-0.4, -0.2) is 26.4 Å². The normalized spacial score (nSPS) is 11.0. The summed E-state index contributed by atoms with van der Waals surface area (Å²) in [5.74, 6) is -0.664. The molecule has 0 bridgehead atoms. The van der Waals surface area contributed by atoms with Gasteiger partial charge < -0.3 is 4.74 Å². The van der Waals surface area contributed by atoms with E-state index in [2.05, 4.69) is 9.46 Å². The fourth-order valence-electron chi connectivity index (χ4n) is 2.01. The summed E-state index contributed by atoms with van der Waals surface area (Å²) in [7, 11) is -2.96. The van der Waals surface area contributed by atoms with Crippen molar-refractivity contribution in [2.45, 2.75) is 11.8 Å². The summed E-state index contributed by atoms with van der Waals surface area (Å²) in [6.45, 7) is 1.50. The van der Waals surface area contributed by atoms with Gasteiger partial charge >= 0.3 is 5.97 Å². The number of hydrogen-bond acceptors (Lipinski definition) is 6. The van der Waals surface area contributed by atoms with Gasteiger partial charge in [0.25, 0.3) is 15.7 Å². The average molecular weight is 385 g/mol. The summed E-state index contributed by atoms with van der Waals surface area (Å²) >= 11 is 5.96. The highest BCUT2D eigenvalue weighted by Crippen LogP contribution is 2.28. The first-order valence-electron chi connectivity index (χ1n) is 6.81. The Bertz CT molecular complexity index is 958. The van der Waals surface area contributed by atoms with E-state index in [0.29, 0.717) is 5.56 Å². The Labute approximate surface area is 148 Å². The van der Waals surface area contributed by atoms with Crippen molar-refractivity contribution in [2.75, 3.05) is 11.8 Å². The van der Waals surface area contributed by atoms with Crippen LogP contribution in [0.4, 0.5) is 11.4 Å². The Balaban J connectivity index is 2.44. The highest BCUT2D eigenvalue weighted by atomic mass is 35.5. The minimum atomic E-state index is -4.15. The molecule has 10 heteroatoms. The van der Waals surface area contributed by atoms with Crippen LogP contribution >= 0.6 is 11.6 Å². The topological polar surface area (TPSA) is 116 Å². The molecule has 8 nitrogen and oxygen atoms in total. The van der Waals surface area contributed by atoms with Gasteiger partial charge in [-0.25, -0.2) is 13.2 Å². The molecule has 0 radical (unpaired) electrons. The van der Waals surface area contributed by atoms with Crippen LogP contribution in [0.15, 0.2) is 41.3 Å². The van der Waals surface area contributed by atoms with Crippen LogP contribution in [0.2, 0.25) is 5.02 Å². The lowest BCUT2D eigenvalue weighted by Gasteiger charge is -2.11. The Morgan fingerprint density at radius 2 is 1.92 bits per heavy atom.